The lowest BCUT2D eigenvalue weighted by atomic mass is 10.0. The summed E-state index contributed by atoms with van der Waals surface area (Å²) in [4.78, 5) is 28.8. The molecule has 290 valence electrons. The molecular weight excluding hydrogens is 717 g/mol. The van der Waals surface area contributed by atoms with Crippen LogP contribution in [-0.2, 0) is 20.9 Å². The molecule has 0 saturated heterocycles. The number of benzene rings is 3. The molecule has 1 aliphatic heterocycles. The molecule has 53 heavy (non-hydrogen) atoms. The van der Waals surface area contributed by atoms with Gasteiger partial charge in [-0.25, -0.2) is 13.2 Å². The minimum absolute atomic E-state index is 0.0106. The SMILES string of the molecule is COc1ccc(S(=O)(=O)N(C)C[C@@H]2OCCCC[C@@H](C)Oc3ccc(NC(=O)Nc4ccc(C(F)(F)F)cc4)cc3C(=O)N([C@@H](C)CO)C[C@@H]2C)cc1. The lowest BCUT2D eigenvalue weighted by molar-refractivity contribution is -0.137. The monoisotopic (exact) mass is 764 g/mol. The van der Waals surface area contributed by atoms with E-state index in [2.05, 4.69) is 10.6 Å². The van der Waals surface area contributed by atoms with Crippen molar-refractivity contribution in [3.05, 3.63) is 77.9 Å². The zero-order chi connectivity index (χ0) is 38.9. The molecule has 0 radical (unpaired) electrons. The summed E-state index contributed by atoms with van der Waals surface area (Å²) in [6, 6.07) is 13.1. The average molecular weight is 765 g/mol. The number of anilines is 2. The van der Waals surface area contributed by atoms with E-state index in [0.29, 0.717) is 25.2 Å². The lowest BCUT2D eigenvalue weighted by Gasteiger charge is -2.35. The van der Waals surface area contributed by atoms with E-state index >= 15 is 0 Å². The second kappa shape index (κ2) is 18.1. The number of nitrogens with zero attached hydrogens (tertiary/aromatic N) is 2. The number of aliphatic hydroxyl groups is 1. The molecule has 0 fully saturated rings. The number of ether oxygens (including phenoxy) is 3. The van der Waals surface area contributed by atoms with Gasteiger partial charge in [0, 0.05) is 44.0 Å². The van der Waals surface area contributed by atoms with Crippen LogP contribution in [0, 0.1) is 5.92 Å². The molecule has 0 aromatic heterocycles. The largest absolute Gasteiger partial charge is 0.497 e. The number of rotatable bonds is 9. The first-order valence-electron chi connectivity index (χ1n) is 17.2. The van der Waals surface area contributed by atoms with Crippen molar-refractivity contribution in [2.45, 2.75) is 69.4 Å². The van der Waals surface area contributed by atoms with Crippen LogP contribution in [0.15, 0.2) is 71.6 Å². The molecule has 0 bridgehead atoms. The number of carbonyl (C=O) groups excluding carboxylic acids is 2. The first-order valence-corrected chi connectivity index (χ1v) is 18.7. The summed E-state index contributed by atoms with van der Waals surface area (Å²) < 4.78 is 84.8. The predicted octanol–water partition coefficient (Wildman–Crippen LogP) is 6.47. The van der Waals surface area contributed by atoms with Gasteiger partial charge in [0.1, 0.15) is 11.5 Å². The van der Waals surface area contributed by atoms with Crippen molar-refractivity contribution in [1.82, 2.24) is 9.21 Å². The average Bonchev–Trinajstić information content (AvgIpc) is 3.12. The molecule has 4 atom stereocenters. The van der Waals surface area contributed by atoms with E-state index in [9.17, 15) is 36.3 Å². The van der Waals surface area contributed by atoms with Gasteiger partial charge >= 0.3 is 12.2 Å². The Morgan fingerprint density at radius 2 is 1.68 bits per heavy atom. The fraction of sp³-hybridized carbons (Fsp3) is 0.459. The van der Waals surface area contributed by atoms with E-state index in [-0.39, 0.29) is 53.4 Å². The van der Waals surface area contributed by atoms with Crippen molar-refractivity contribution in [2.75, 3.05) is 51.1 Å². The van der Waals surface area contributed by atoms with Crippen LogP contribution in [0.1, 0.15) is 56.0 Å². The molecule has 1 heterocycles. The van der Waals surface area contributed by atoms with E-state index in [1.54, 1.807) is 31.2 Å². The first-order chi connectivity index (χ1) is 25.0. The van der Waals surface area contributed by atoms with Crippen LogP contribution in [0.2, 0.25) is 0 Å². The smallest absolute Gasteiger partial charge is 0.416 e. The Labute approximate surface area is 308 Å². The summed E-state index contributed by atoms with van der Waals surface area (Å²) >= 11 is 0. The minimum Gasteiger partial charge on any atom is -0.497 e. The number of nitrogens with one attached hydrogen (secondary N) is 2. The first kappa shape index (κ1) is 41.4. The Morgan fingerprint density at radius 3 is 2.30 bits per heavy atom. The summed E-state index contributed by atoms with van der Waals surface area (Å²) in [7, 11) is -0.947. The van der Waals surface area contributed by atoms with Crippen molar-refractivity contribution >= 4 is 33.3 Å². The molecular formula is C37H47F3N4O8S. The maximum atomic E-state index is 14.4. The summed E-state index contributed by atoms with van der Waals surface area (Å²) in [5.41, 5.74) is -0.430. The topological polar surface area (TPSA) is 147 Å². The van der Waals surface area contributed by atoms with Gasteiger partial charge in [-0.3, -0.25) is 4.79 Å². The second-order valence-corrected chi connectivity index (χ2v) is 15.2. The number of carbonyl (C=O) groups is 2. The molecule has 12 nitrogen and oxygen atoms in total. The number of methoxy groups -OCH3 is 1. The Morgan fingerprint density at radius 1 is 1.04 bits per heavy atom. The summed E-state index contributed by atoms with van der Waals surface area (Å²) in [5, 5.41) is 15.3. The highest BCUT2D eigenvalue weighted by molar-refractivity contribution is 7.89. The summed E-state index contributed by atoms with van der Waals surface area (Å²) in [6.07, 6.45) is -3.45. The molecule has 1 aliphatic rings. The van der Waals surface area contributed by atoms with Gasteiger partial charge in [0.05, 0.1) is 48.0 Å². The molecule has 3 amide bonds. The number of aliphatic hydroxyl groups excluding tert-OH is 1. The van der Waals surface area contributed by atoms with Crippen molar-refractivity contribution in [2.24, 2.45) is 5.92 Å². The summed E-state index contributed by atoms with van der Waals surface area (Å²) in [6.45, 7) is 5.41. The highest BCUT2D eigenvalue weighted by Crippen LogP contribution is 2.31. The van der Waals surface area contributed by atoms with Gasteiger partial charge in [-0.1, -0.05) is 6.92 Å². The van der Waals surface area contributed by atoms with E-state index in [1.165, 1.54) is 41.6 Å². The Balaban J connectivity index is 1.60. The number of hydrogen-bond acceptors (Lipinski definition) is 8. The zero-order valence-corrected chi connectivity index (χ0v) is 31.2. The summed E-state index contributed by atoms with van der Waals surface area (Å²) in [5.74, 6) is -0.150. The third-order valence-electron chi connectivity index (χ3n) is 8.98. The van der Waals surface area contributed by atoms with Gasteiger partial charge in [-0.15, -0.1) is 0 Å². The Bertz CT molecular complexity index is 1790. The van der Waals surface area contributed by atoms with Crippen molar-refractivity contribution < 1.29 is 50.5 Å². The fourth-order valence-electron chi connectivity index (χ4n) is 5.78. The number of sulfonamides is 1. The van der Waals surface area contributed by atoms with E-state index in [1.807, 2.05) is 13.8 Å². The zero-order valence-electron chi connectivity index (χ0n) is 30.4. The number of alkyl halides is 3. The third kappa shape index (κ3) is 11.1. The van der Waals surface area contributed by atoms with Crippen LogP contribution in [0.5, 0.6) is 11.5 Å². The van der Waals surface area contributed by atoms with Gasteiger partial charge < -0.3 is 34.9 Å². The van der Waals surface area contributed by atoms with Gasteiger partial charge in [0.2, 0.25) is 10.0 Å². The van der Waals surface area contributed by atoms with Gasteiger partial charge in [0.15, 0.2) is 0 Å². The Hall–Kier alpha value is -4.38. The number of likely N-dealkylation sites (N-methyl/N-ethyl adjacent to an activating group) is 1. The number of urea groups is 1. The highest BCUT2D eigenvalue weighted by atomic mass is 32.2. The van der Waals surface area contributed by atoms with Crippen LogP contribution < -0.4 is 20.1 Å². The maximum Gasteiger partial charge on any atom is 0.416 e. The standard InChI is InChI=1S/C37H47F3N4O8S/c1-24-21-44(25(2)23-45)35(46)32-20-29(42-36(47)41-28-11-9-27(10-12-28)37(38,39)40)13-18-33(32)52-26(3)8-6-7-19-51-34(24)22-43(4)53(48,49)31-16-14-30(50-5)15-17-31/h9-18,20,24-26,34,45H,6-8,19,21-23H2,1-5H3,(H2,41,42,47)/t24-,25-,26+,34-/m0/s1. The number of fused-ring (bicyclic) bond motifs is 1. The van der Waals surface area contributed by atoms with Gasteiger partial charge in [0.25, 0.3) is 5.91 Å². The number of halogens is 3. The molecule has 0 spiro atoms. The molecule has 0 unspecified atom stereocenters. The maximum absolute atomic E-state index is 14.4. The number of hydrogen-bond donors (Lipinski definition) is 3. The predicted molar refractivity (Wildman–Crippen MR) is 194 cm³/mol. The minimum atomic E-state index is -4.52. The van der Waals surface area contributed by atoms with Crippen LogP contribution in [-0.4, -0.2) is 93.4 Å². The van der Waals surface area contributed by atoms with Crippen molar-refractivity contribution in [3.8, 4) is 11.5 Å². The molecule has 3 N–H and O–H groups in total. The van der Waals surface area contributed by atoms with E-state index in [4.69, 9.17) is 14.2 Å². The second-order valence-electron chi connectivity index (χ2n) is 13.1. The number of amides is 3. The molecule has 0 saturated carbocycles. The van der Waals surface area contributed by atoms with Crippen LogP contribution in [0.4, 0.5) is 29.3 Å². The van der Waals surface area contributed by atoms with E-state index < -0.39 is 51.8 Å². The quantitative estimate of drug-likeness (QED) is 0.225. The van der Waals surface area contributed by atoms with Crippen molar-refractivity contribution in [1.29, 1.82) is 0 Å². The molecule has 3 aromatic carbocycles. The molecule has 4 rings (SSSR count). The molecule has 3 aromatic rings. The third-order valence-corrected chi connectivity index (χ3v) is 10.8. The van der Waals surface area contributed by atoms with Crippen LogP contribution in [0.3, 0.4) is 0 Å². The van der Waals surface area contributed by atoms with Gasteiger partial charge in [-0.05, 0) is 99.8 Å². The van der Waals surface area contributed by atoms with Crippen LogP contribution >= 0.6 is 0 Å². The molecule has 16 heteroatoms. The van der Waals surface area contributed by atoms with E-state index in [0.717, 1.165) is 30.7 Å². The van der Waals surface area contributed by atoms with Crippen molar-refractivity contribution in [3.63, 3.8) is 0 Å². The highest BCUT2D eigenvalue weighted by Gasteiger charge is 2.33. The Kier molecular flexibility index (Phi) is 14.1. The van der Waals surface area contributed by atoms with Crippen LogP contribution in [0.25, 0.3) is 0 Å². The van der Waals surface area contributed by atoms with Gasteiger partial charge in [-0.2, -0.15) is 17.5 Å². The molecule has 0 aliphatic carbocycles. The fourth-order valence-corrected chi connectivity index (χ4v) is 6.96. The lowest BCUT2D eigenvalue weighted by Crippen LogP contribution is -2.48. The normalized spacial score (nSPS) is 19.8.